The van der Waals surface area contributed by atoms with E-state index < -0.39 is 0 Å². The first kappa shape index (κ1) is 23.4. The normalized spacial score (nSPS) is 11.7. The second-order valence-corrected chi connectivity index (χ2v) is 9.08. The van der Waals surface area contributed by atoms with Gasteiger partial charge in [0, 0.05) is 69.3 Å². The second kappa shape index (κ2) is 8.74. The van der Waals surface area contributed by atoms with Gasteiger partial charge in [-0.3, -0.25) is 19.9 Å². The van der Waals surface area contributed by atoms with E-state index in [-0.39, 0.29) is 17.1 Å². The van der Waals surface area contributed by atoms with Crippen molar-refractivity contribution in [1.82, 2.24) is 59.8 Å². The summed E-state index contributed by atoms with van der Waals surface area (Å²) in [5.74, 6) is 1.61. The SMILES string of the molecule is [Fe+2].c1cnc2c(c1)-c1nc-2nc2[n-]c(nc3nc(nc4[n-]c(n1)c1ncccc41)-c1ncccc1-3)c1ncccc21. The van der Waals surface area contributed by atoms with Crippen molar-refractivity contribution in [3.8, 4) is 45.8 Å². The van der Waals surface area contributed by atoms with Crippen LogP contribution in [0.2, 0.25) is 0 Å². The fraction of sp³-hybridized carbons (Fsp3) is 0. The Balaban J connectivity index is 0.00000256. The average Bonchev–Trinajstić information content (AvgIpc) is 3.73. The fourth-order valence-corrected chi connectivity index (χ4v) is 4.96. The van der Waals surface area contributed by atoms with Crippen molar-refractivity contribution in [2.75, 3.05) is 0 Å². The Bertz CT molecular complexity index is 2040. The van der Waals surface area contributed by atoms with E-state index in [0.717, 1.165) is 21.9 Å². The molecule has 0 spiro atoms. The summed E-state index contributed by atoms with van der Waals surface area (Å²) in [5, 5.41) is 1.46. The molecule has 2 aliphatic heterocycles. The summed E-state index contributed by atoms with van der Waals surface area (Å²) in [6, 6.07) is 14.9. The molecule has 9 heterocycles. The molecule has 0 atom stereocenters. The van der Waals surface area contributed by atoms with E-state index >= 15 is 0 Å². The Kier molecular flexibility index (Phi) is 4.99. The van der Waals surface area contributed by atoms with Crippen molar-refractivity contribution in [1.29, 1.82) is 0 Å². The standard InChI is InChI=1S/C28H12N12.Fe/c1-5-13-17(29-9-1)25-33-21(13)37-26-18-14(6-2-10-30-18)23(34-26)39-28-20-16(8-4-12-32-20)24(36-28)40-27-19-15(7-3-11-31-19)22(35-27)38-25;/h1-12H;/q-2;+2. The number of pyridine rings is 4. The molecule has 7 aromatic rings. The van der Waals surface area contributed by atoms with Crippen LogP contribution in [0.3, 0.4) is 0 Å². The number of nitrogens with zero attached hydrogens (tertiary/aromatic N) is 12. The van der Waals surface area contributed by atoms with Gasteiger partial charge in [-0.2, -0.15) is 0 Å². The molecule has 0 saturated carbocycles. The van der Waals surface area contributed by atoms with Gasteiger partial charge in [-0.05, 0) is 36.4 Å². The van der Waals surface area contributed by atoms with Gasteiger partial charge in [-0.25, -0.2) is 9.97 Å². The summed E-state index contributed by atoms with van der Waals surface area (Å²) >= 11 is 0. The van der Waals surface area contributed by atoms with Crippen LogP contribution in [0.25, 0.3) is 90.2 Å². The third kappa shape index (κ3) is 3.46. The first-order chi connectivity index (χ1) is 19.8. The molecule has 0 radical (unpaired) electrons. The third-order valence-electron chi connectivity index (χ3n) is 6.74. The van der Waals surface area contributed by atoms with Crippen LogP contribution in [0, 0.1) is 0 Å². The van der Waals surface area contributed by atoms with Crippen molar-refractivity contribution >= 4 is 44.4 Å². The fourth-order valence-electron chi connectivity index (χ4n) is 4.96. The van der Waals surface area contributed by atoms with Crippen LogP contribution < -0.4 is 9.97 Å². The van der Waals surface area contributed by atoms with Gasteiger partial charge in [-0.15, -0.1) is 0 Å². The zero-order valence-corrected chi connectivity index (χ0v) is 21.8. The van der Waals surface area contributed by atoms with Crippen molar-refractivity contribution in [3.63, 3.8) is 0 Å². The molecule has 0 unspecified atom stereocenters. The molecule has 9 rings (SSSR count). The molecule has 0 aromatic carbocycles. The smallest absolute Gasteiger partial charge is 0.356 e. The van der Waals surface area contributed by atoms with E-state index in [2.05, 4.69) is 19.9 Å². The zero-order valence-electron chi connectivity index (χ0n) is 20.6. The molecule has 0 N–H and O–H groups in total. The van der Waals surface area contributed by atoms with Gasteiger partial charge in [0.05, 0.1) is 22.7 Å². The topological polar surface area (TPSA) is 157 Å². The van der Waals surface area contributed by atoms with Crippen LogP contribution in [0.5, 0.6) is 0 Å². The van der Waals surface area contributed by atoms with Crippen LogP contribution in [-0.2, 0) is 17.1 Å². The Morgan fingerprint density at radius 1 is 0.415 bits per heavy atom. The molecule has 0 amide bonds. The van der Waals surface area contributed by atoms with Crippen molar-refractivity contribution in [3.05, 3.63) is 73.3 Å². The Labute approximate surface area is 240 Å². The molecule has 13 heteroatoms. The Hall–Kier alpha value is -5.52. The van der Waals surface area contributed by atoms with Crippen molar-refractivity contribution in [2.45, 2.75) is 0 Å². The maximum atomic E-state index is 4.82. The van der Waals surface area contributed by atoms with E-state index in [4.69, 9.17) is 39.9 Å². The first-order valence-corrected chi connectivity index (χ1v) is 12.3. The van der Waals surface area contributed by atoms with Gasteiger partial charge in [0.1, 0.15) is 23.0 Å². The molecule has 0 aliphatic carbocycles. The minimum atomic E-state index is 0. The van der Waals surface area contributed by atoms with Crippen molar-refractivity contribution < 1.29 is 17.1 Å². The monoisotopic (exact) mass is 572 g/mol. The van der Waals surface area contributed by atoms with Gasteiger partial charge >= 0.3 is 17.1 Å². The van der Waals surface area contributed by atoms with Gasteiger partial charge in [0.2, 0.25) is 0 Å². The number of rotatable bonds is 0. The predicted molar refractivity (Wildman–Crippen MR) is 145 cm³/mol. The Morgan fingerprint density at radius 3 is 1.32 bits per heavy atom. The van der Waals surface area contributed by atoms with E-state index in [1.807, 2.05) is 48.5 Å². The van der Waals surface area contributed by atoms with E-state index in [1.54, 1.807) is 24.8 Å². The predicted octanol–water partition coefficient (Wildman–Crippen LogP) is 3.70. The molecular formula is C28H12FeN12. The average molecular weight is 572 g/mol. The molecule has 12 nitrogen and oxygen atoms in total. The van der Waals surface area contributed by atoms with Gasteiger partial charge in [0.25, 0.3) is 0 Å². The summed E-state index contributed by atoms with van der Waals surface area (Å²) in [6.07, 6.45) is 6.78. The van der Waals surface area contributed by atoms with E-state index in [1.165, 1.54) is 0 Å². The van der Waals surface area contributed by atoms with Gasteiger partial charge in [0.15, 0.2) is 0 Å². The molecule has 0 fully saturated rings. The number of fused-ring (bicyclic) bond motifs is 20. The third-order valence-corrected chi connectivity index (χ3v) is 6.74. The molecule has 0 saturated heterocycles. The van der Waals surface area contributed by atoms with Crippen LogP contribution in [0.1, 0.15) is 0 Å². The number of hydrogen-bond acceptors (Lipinski definition) is 10. The molecule has 7 aromatic heterocycles. The van der Waals surface area contributed by atoms with Crippen LogP contribution in [0.15, 0.2) is 73.3 Å². The summed E-state index contributed by atoms with van der Waals surface area (Å²) in [4.78, 5) is 56.5. The van der Waals surface area contributed by atoms with Crippen molar-refractivity contribution in [2.24, 2.45) is 0 Å². The van der Waals surface area contributed by atoms with Gasteiger partial charge < -0.3 is 29.9 Å². The Morgan fingerprint density at radius 2 is 0.829 bits per heavy atom. The molecule has 8 bridgehead atoms. The maximum Gasteiger partial charge on any atom is 2.00 e. The van der Waals surface area contributed by atoms with Crippen LogP contribution in [-0.4, -0.2) is 49.8 Å². The van der Waals surface area contributed by atoms with Crippen LogP contribution in [0.4, 0.5) is 0 Å². The second-order valence-electron chi connectivity index (χ2n) is 9.08. The molecule has 2 aliphatic rings. The molecule has 192 valence electrons. The number of hydrogen-bond donors (Lipinski definition) is 0. The molecule has 41 heavy (non-hydrogen) atoms. The van der Waals surface area contributed by atoms with Gasteiger partial charge in [-0.1, -0.05) is 12.1 Å². The maximum absolute atomic E-state index is 4.82. The van der Waals surface area contributed by atoms with E-state index in [9.17, 15) is 0 Å². The molecular weight excluding hydrogens is 560 g/mol. The summed E-state index contributed by atoms with van der Waals surface area (Å²) in [7, 11) is 0. The van der Waals surface area contributed by atoms with Crippen LogP contribution >= 0.6 is 0 Å². The summed E-state index contributed by atoms with van der Waals surface area (Å²) in [6.45, 7) is 0. The summed E-state index contributed by atoms with van der Waals surface area (Å²) < 4.78 is 0. The first-order valence-electron chi connectivity index (χ1n) is 12.3. The largest absolute Gasteiger partial charge is 2.00 e. The number of aromatic nitrogens is 12. The minimum Gasteiger partial charge on any atom is -0.356 e. The minimum absolute atomic E-state index is 0. The zero-order chi connectivity index (χ0) is 26.2. The summed E-state index contributed by atoms with van der Waals surface area (Å²) in [5.41, 5.74) is 5.44. The quantitative estimate of drug-likeness (QED) is 0.243. The van der Waals surface area contributed by atoms with E-state index in [0.29, 0.717) is 68.3 Å².